The van der Waals surface area contributed by atoms with E-state index in [-0.39, 0.29) is 24.6 Å². The summed E-state index contributed by atoms with van der Waals surface area (Å²) in [6.07, 6.45) is 0.0578. The van der Waals surface area contributed by atoms with Crippen molar-refractivity contribution in [2.24, 2.45) is 0 Å². The summed E-state index contributed by atoms with van der Waals surface area (Å²) in [5, 5.41) is 13.2. The highest BCUT2D eigenvalue weighted by Gasteiger charge is 2.21. The molecule has 0 atom stereocenters. The van der Waals surface area contributed by atoms with Crippen LogP contribution >= 0.6 is 0 Å². The molecule has 0 aliphatic heterocycles. The molecule has 0 unspecified atom stereocenters. The van der Waals surface area contributed by atoms with Crippen molar-refractivity contribution in [2.45, 2.75) is 6.42 Å². The second-order valence-corrected chi connectivity index (χ2v) is 4.01. The lowest BCUT2D eigenvalue weighted by molar-refractivity contribution is -0.386. The number of nitrogens with one attached hydrogen (secondary N) is 1. The van der Waals surface area contributed by atoms with Gasteiger partial charge in [0, 0.05) is 39.2 Å². The van der Waals surface area contributed by atoms with Crippen molar-refractivity contribution in [3.8, 4) is 0 Å². The first-order chi connectivity index (χ1) is 8.82. The van der Waals surface area contributed by atoms with Crippen LogP contribution in [-0.4, -0.2) is 36.4 Å². The van der Waals surface area contributed by atoms with E-state index in [1.165, 1.54) is 4.90 Å². The van der Waals surface area contributed by atoms with Crippen molar-refractivity contribution in [1.82, 2.24) is 4.90 Å². The molecule has 19 heavy (non-hydrogen) atoms. The van der Waals surface area contributed by atoms with Crippen molar-refractivity contribution >= 4 is 17.3 Å². The molecule has 0 bridgehead atoms. The maximum Gasteiger partial charge on any atom is 0.327 e. The summed E-state index contributed by atoms with van der Waals surface area (Å²) >= 11 is 0. The summed E-state index contributed by atoms with van der Waals surface area (Å²) in [6.45, 7) is 0.0424. The molecule has 8 heteroatoms. The quantitative estimate of drug-likeness (QED) is 0.655. The molecule has 0 heterocycles. The minimum atomic E-state index is -1.26. The van der Waals surface area contributed by atoms with Gasteiger partial charge in [-0.2, -0.15) is 4.39 Å². The highest BCUT2D eigenvalue weighted by atomic mass is 19.1. The van der Waals surface area contributed by atoms with Gasteiger partial charge in [0.15, 0.2) is 0 Å². The van der Waals surface area contributed by atoms with Crippen LogP contribution in [0.25, 0.3) is 0 Å². The van der Waals surface area contributed by atoms with E-state index < -0.39 is 22.2 Å². The molecule has 0 aliphatic rings. The molecule has 1 aromatic rings. The lowest BCUT2D eigenvalue weighted by Crippen LogP contribution is -2.24. The summed E-state index contributed by atoms with van der Waals surface area (Å²) in [4.78, 5) is 22.4. The van der Waals surface area contributed by atoms with Gasteiger partial charge in [0.1, 0.15) is 11.5 Å². The number of nitro benzene ring substituents is 1. The number of nitrogens with zero attached hydrogens (tertiary/aromatic N) is 2. The normalized spacial score (nSPS) is 10.1. The largest absolute Gasteiger partial charge is 0.379 e. The van der Waals surface area contributed by atoms with E-state index in [0.29, 0.717) is 6.07 Å². The fraction of sp³-hybridized carbons (Fsp3) is 0.364. The maximum atomic E-state index is 13.3. The first-order valence-corrected chi connectivity index (χ1v) is 5.40. The van der Waals surface area contributed by atoms with Crippen molar-refractivity contribution in [2.75, 3.05) is 26.0 Å². The lowest BCUT2D eigenvalue weighted by atomic mass is 10.2. The van der Waals surface area contributed by atoms with Gasteiger partial charge in [-0.15, -0.1) is 0 Å². The SMILES string of the molecule is CN(C)C(=O)CCNc1cc(F)cc(F)c1[N+](=O)[O-]. The van der Waals surface area contributed by atoms with E-state index in [1.807, 2.05) is 0 Å². The smallest absolute Gasteiger partial charge is 0.327 e. The molecule has 104 valence electrons. The molecule has 0 spiro atoms. The highest BCUT2D eigenvalue weighted by Crippen LogP contribution is 2.28. The molecular weight excluding hydrogens is 260 g/mol. The molecule has 0 saturated heterocycles. The van der Waals surface area contributed by atoms with Gasteiger partial charge in [0.2, 0.25) is 11.7 Å². The first kappa shape index (κ1) is 14.8. The number of hydrogen-bond donors (Lipinski definition) is 1. The second kappa shape index (κ2) is 6.07. The molecule has 6 nitrogen and oxygen atoms in total. The second-order valence-electron chi connectivity index (χ2n) is 4.01. The van der Waals surface area contributed by atoms with Gasteiger partial charge in [-0.3, -0.25) is 14.9 Å². The van der Waals surface area contributed by atoms with Crippen LogP contribution in [0.2, 0.25) is 0 Å². The zero-order valence-electron chi connectivity index (χ0n) is 10.4. The zero-order valence-corrected chi connectivity index (χ0v) is 10.4. The fourth-order valence-electron chi connectivity index (χ4n) is 1.41. The van der Waals surface area contributed by atoms with E-state index in [1.54, 1.807) is 14.1 Å². The summed E-state index contributed by atoms with van der Waals surface area (Å²) in [7, 11) is 3.12. The predicted octanol–water partition coefficient (Wildman–Crippen LogP) is 1.76. The molecule has 0 aromatic heterocycles. The molecule has 0 radical (unpaired) electrons. The minimum Gasteiger partial charge on any atom is -0.379 e. The number of carbonyl (C=O) groups excluding carboxylic acids is 1. The summed E-state index contributed by atoms with van der Waals surface area (Å²) in [6, 6.07) is 1.26. The van der Waals surface area contributed by atoms with Gasteiger partial charge in [0.05, 0.1) is 4.92 Å². The van der Waals surface area contributed by atoms with Crippen LogP contribution in [0.1, 0.15) is 6.42 Å². The molecule has 1 N–H and O–H groups in total. The molecule has 1 amide bonds. The summed E-state index contributed by atoms with van der Waals surface area (Å²) in [5.41, 5.74) is -1.12. The Bertz CT molecular complexity index is 506. The standard InChI is InChI=1S/C11H13F2N3O3/c1-15(2)10(17)3-4-14-9-6-7(12)5-8(13)11(9)16(18)19/h5-6,14H,3-4H2,1-2H3. The average molecular weight is 273 g/mol. The summed E-state index contributed by atoms with van der Waals surface area (Å²) < 4.78 is 26.3. The molecule has 0 saturated carbocycles. The number of hydrogen-bond acceptors (Lipinski definition) is 4. The van der Waals surface area contributed by atoms with Crippen LogP contribution in [0.15, 0.2) is 12.1 Å². The predicted molar refractivity (Wildman–Crippen MR) is 64.8 cm³/mol. The van der Waals surface area contributed by atoms with Crippen LogP contribution in [0.5, 0.6) is 0 Å². The third-order valence-electron chi connectivity index (χ3n) is 2.36. The van der Waals surface area contributed by atoms with Gasteiger partial charge in [-0.25, -0.2) is 4.39 Å². The minimum absolute atomic E-state index is 0.0424. The van der Waals surface area contributed by atoms with Crippen molar-refractivity contribution < 1.29 is 18.5 Å². The van der Waals surface area contributed by atoms with Crippen LogP contribution in [0.4, 0.5) is 20.2 Å². The summed E-state index contributed by atoms with van der Waals surface area (Å²) in [5.74, 6) is -2.39. The Balaban J connectivity index is 2.83. The van der Waals surface area contributed by atoms with E-state index in [9.17, 15) is 23.7 Å². The number of halogens is 2. The molecule has 0 fully saturated rings. The number of benzene rings is 1. The van der Waals surface area contributed by atoms with Crippen molar-refractivity contribution in [3.05, 3.63) is 33.9 Å². The number of amides is 1. The Morgan fingerprint density at radius 3 is 2.58 bits per heavy atom. The Morgan fingerprint density at radius 2 is 2.05 bits per heavy atom. The van der Waals surface area contributed by atoms with Crippen LogP contribution in [0.3, 0.4) is 0 Å². The third-order valence-corrected chi connectivity index (χ3v) is 2.36. The number of rotatable bonds is 5. The van der Waals surface area contributed by atoms with Gasteiger partial charge in [-0.05, 0) is 0 Å². The average Bonchev–Trinajstić information content (AvgIpc) is 2.26. The van der Waals surface area contributed by atoms with E-state index in [2.05, 4.69) is 5.32 Å². The van der Waals surface area contributed by atoms with Crippen molar-refractivity contribution in [3.63, 3.8) is 0 Å². The van der Waals surface area contributed by atoms with Crippen LogP contribution in [0, 0.1) is 21.7 Å². The zero-order chi connectivity index (χ0) is 14.6. The first-order valence-electron chi connectivity index (χ1n) is 5.40. The van der Waals surface area contributed by atoms with E-state index in [4.69, 9.17) is 0 Å². The molecular formula is C11H13F2N3O3. The van der Waals surface area contributed by atoms with Gasteiger partial charge in [-0.1, -0.05) is 0 Å². The Hall–Kier alpha value is -2.25. The fourth-order valence-corrected chi connectivity index (χ4v) is 1.41. The highest BCUT2D eigenvalue weighted by molar-refractivity contribution is 5.76. The Labute approximate surface area is 108 Å². The van der Waals surface area contributed by atoms with Gasteiger partial charge in [0.25, 0.3) is 0 Å². The lowest BCUT2D eigenvalue weighted by Gasteiger charge is -2.11. The van der Waals surface area contributed by atoms with Gasteiger partial charge >= 0.3 is 5.69 Å². The Kier molecular flexibility index (Phi) is 4.74. The van der Waals surface area contributed by atoms with Crippen LogP contribution < -0.4 is 5.32 Å². The van der Waals surface area contributed by atoms with E-state index in [0.717, 1.165) is 6.07 Å². The molecule has 1 aromatic carbocycles. The Morgan fingerprint density at radius 1 is 1.42 bits per heavy atom. The third kappa shape index (κ3) is 3.87. The van der Waals surface area contributed by atoms with E-state index >= 15 is 0 Å². The molecule has 1 rings (SSSR count). The monoisotopic (exact) mass is 273 g/mol. The number of anilines is 1. The topological polar surface area (TPSA) is 75.5 Å². The number of carbonyl (C=O) groups is 1. The van der Waals surface area contributed by atoms with Gasteiger partial charge < -0.3 is 10.2 Å². The maximum absolute atomic E-state index is 13.3. The van der Waals surface area contributed by atoms with Crippen LogP contribution in [-0.2, 0) is 4.79 Å². The molecule has 0 aliphatic carbocycles. The number of nitro groups is 1. The van der Waals surface area contributed by atoms with Crippen molar-refractivity contribution in [1.29, 1.82) is 0 Å².